The normalized spacial score (nSPS) is 17.3. The molecule has 0 radical (unpaired) electrons. The number of para-hydroxylation sites is 1. The van der Waals surface area contributed by atoms with Gasteiger partial charge in [-0.05, 0) is 6.07 Å². The molecule has 1 aromatic rings. The SMILES string of the molecule is COc1c(O)cccc1CN1CCNCC1. The van der Waals surface area contributed by atoms with E-state index in [4.69, 9.17) is 4.74 Å². The Hall–Kier alpha value is -1.26. The largest absolute Gasteiger partial charge is 0.504 e. The second kappa shape index (κ2) is 5.18. The number of rotatable bonds is 3. The van der Waals surface area contributed by atoms with Crippen molar-refractivity contribution in [3.63, 3.8) is 0 Å². The van der Waals surface area contributed by atoms with E-state index < -0.39 is 0 Å². The van der Waals surface area contributed by atoms with Crippen molar-refractivity contribution in [1.29, 1.82) is 0 Å². The van der Waals surface area contributed by atoms with Crippen LogP contribution in [-0.4, -0.2) is 43.3 Å². The van der Waals surface area contributed by atoms with Crippen molar-refractivity contribution in [3.05, 3.63) is 23.8 Å². The standard InChI is InChI=1S/C12H18N2O2/c1-16-12-10(3-2-4-11(12)15)9-14-7-5-13-6-8-14/h2-4,13,15H,5-9H2,1H3. The Morgan fingerprint density at radius 2 is 2.12 bits per heavy atom. The molecule has 0 spiro atoms. The van der Waals surface area contributed by atoms with Crippen molar-refractivity contribution in [3.8, 4) is 11.5 Å². The molecule has 1 aliphatic heterocycles. The molecule has 4 heteroatoms. The van der Waals surface area contributed by atoms with Gasteiger partial charge in [0.1, 0.15) is 0 Å². The van der Waals surface area contributed by atoms with Gasteiger partial charge in [0.2, 0.25) is 0 Å². The summed E-state index contributed by atoms with van der Waals surface area (Å²) in [6.07, 6.45) is 0. The van der Waals surface area contributed by atoms with Crippen LogP contribution in [-0.2, 0) is 6.54 Å². The summed E-state index contributed by atoms with van der Waals surface area (Å²) in [4.78, 5) is 2.35. The molecule has 0 aliphatic carbocycles. The number of phenolic OH excluding ortho intramolecular Hbond substituents is 1. The van der Waals surface area contributed by atoms with Gasteiger partial charge in [-0.1, -0.05) is 12.1 Å². The van der Waals surface area contributed by atoms with E-state index >= 15 is 0 Å². The topological polar surface area (TPSA) is 44.7 Å². The Kier molecular flexibility index (Phi) is 3.64. The molecule has 0 atom stereocenters. The predicted octanol–water partition coefficient (Wildman–Crippen LogP) is 0.806. The van der Waals surface area contributed by atoms with Crippen molar-refractivity contribution in [2.75, 3.05) is 33.3 Å². The molecular weight excluding hydrogens is 204 g/mol. The zero-order valence-corrected chi connectivity index (χ0v) is 9.57. The maximum absolute atomic E-state index is 9.66. The zero-order valence-electron chi connectivity index (χ0n) is 9.57. The molecule has 0 bridgehead atoms. The minimum Gasteiger partial charge on any atom is -0.504 e. The van der Waals surface area contributed by atoms with Gasteiger partial charge in [0.05, 0.1) is 7.11 Å². The number of methoxy groups -OCH3 is 1. The monoisotopic (exact) mass is 222 g/mol. The van der Waals surface area contributed by atoms with Crippen molar-refractivity contribution in [1.82, 2.24) is 10.2 Å². The third-order valence-corrected chi connectivity index (χ3v) is 2.88. The molecular formula is C12H18N2O2. The van der Waals surface area contributed by atoms with Crippen LogP contribution in [0.3, 0.4) is 0 Å². The number of nitrogens with zero attached hydrogens (tertiary/aromatic N) is 1. The fourth-order valence-electron chi connectivity index (χ4n) is 2.04. The van der Waals surface area contributed by atoms with Gasteiger partial charge < -0.3 is 15.2 Å². The predicted molar refractivity (Wildman–Crippen MR) is 62.8 cm³/mol. The smallest absolute Gasteiger partial charge is 0.164 e. The number of phenols is 1. The lowest BCUT2D eigenvalue weighted by molar-refractivity contribution is 0.229. The Bertz CT molecular complexity index is 349. The van der Waals surface area contributed by atoms with Crippen LogP contribution in [0.2, 0.25) is 0 Å². The second-order valence-corrected chi connectivity index (χ2v) is 4.00. The molecule has 2 rings (SSSR count). The van der Waals surface area contributed by atoms with Crippen LogP contribution in [0.4, 0.5) is 0 Å². The van der Waals surface area contributed by atoms with Crippen LogP contribution in [0.5, 0.6) is 11.5 Å². The van der Waals surface area contributed by atoms with Gasteiger partial charge in [0.25, 0.3) is 0 Å². The molecule has 0 amide bonds. The van der Waals surface area contributed by atoms with Crippen LogP contribution >= 0.6 is 0 Å². The summed E-state index contributed by atoms with van der Waals surface area (Å²) in [5.41, 5.74) is 1.05. The number of hydrogen-bond donors (Lipinski definition) is 2. The molecule has 0 unspecified atom stereocenters. The van der Waals surface area contributed by atoms with Crippen LogP contribution in [0, 0.1) is 0 Å². The quantitative estimate of drug-likeness (QED) is 0.794. The summed E-state index contributed by atoms with van der Waals surface area (Å²) < 4.78 is 5.23. The van der Waals surface area contributed by atoms with Gasteiger partial charge in [-0.3, -0.25) is 4.90 Å². The van der Waals surface area contributed by atoms with E-state index in [0.29, 0.717) is 5.75 Å². The highest BCUT2D eigenvalue weighted by Gasteiger charge is 2.14. The summed E-state index contributed by atoms with van der Waals surface area (Å²) in [5.74, 6) is 0.816. The fraction of sp³-hybridized carbons (Fsp3) is 0.500. The molecule has 1 aliphatic rings. The minimum atomic E-state index is 0.218. The molecule has 16 heavy (non-hydrogen) atoms. The average Bonchev–Trinajstić information content (AvgIpc) is 2.31. The van der Waals surface area contributed by atoms with E-state index in [2.05, 4.69) is 10.2 Å². The Labute approximate surface area is 95.8 Å². The van der Waals surface area contributed by atoms with Crippen LogP contribution in [0.25, 0.3) is 0 Å². The third kappa shape index (κ3) is 2.46. The maximum Gasteiger partial charge on any atom is 0.164 e. The fourth-order valence-corrected chi connectivity index (χ4v) is 2.04. The van der Waals surface area contributed by atoms with E-state index in [1.165, 1.54) is 0 Å². The second-order valence-electron chi connectivity index (χ2n) is 4.00. The maximum atomic E-state index is 9.66. The molecule has 1 aromatic carbocycles. The van der Waals surface area contributed by atoms with Gasteiger partial charge in [-0.25, -0.2) is 0 Å². The molecule has 1 fully saturated rings. The van der Waals surface area contributed by atoms with Crippen molar-refractivity contribution in [2.45, 2.75) is 6.54 Å². The summed E-state index contributed by atoms with van der Waals surface area (Å²) in [7, 11) is 1.59. The van der Waals surface area contributed by atoms with Crippen molar-refractivity contribution < 1.29 is 9.84 Å². The Morgan fingerprint density at radius 1 is 1.38 bits per heavy atom. The zero-order chi connectivity index (χ0) is 11.4. The summed E-state index contributed by atoms with van der Waals surface area (Å²) in [6.45, 7) is 4.97. The van der Waals surface area contributed by atoms with Gasteiger partial charge in [-0.15, -0.1) is 0 Å². The van der Waals surface area contributed by atoms with Gasteiger partial charge in [0, 0.05) is 38.3 Å². The minimum absolute atomic E-state index is 0.218. The lowest BCUT2D eigenvalue weighted by Crippen LogP contribution is -2.42. The molecule has 88 valence electrons. The number of piperazine rings is 1. The van der Waals surface area contributed by atoms with Gasteiger partial charge in [-0.2, -0.15) is 0 Å². The molecule has 0 aromatic heterocycles. The van der Waals surface area contributed by atoms with E-state index in [1.807, 2.05) is 12.1 Å². The van der Waals surface area contributed by atoms with E-state index in [1.54, 1.807) is 13.2 Å². The Morgan fingerprint density at radius 3 is 2.81 bits per heavy atom. The first-order chi connectivity index (χ1) is 7.81. The van der Waals surface area contributed by atoms with Gasteiger partial charge >= 0.3 is 0 Å². The summed E-state index contributed by atoms with van der Waals surface area (Å²) in [5, 5.41) is 13.0. The summed E-state index contributed by atoms with van der Waals surface area (Å²) >= 11 is 0. The molecule has 4 nitrogen and oxygen atoms in total. The highest BCUT2D eigenvalue weighted by Crippen LogP contribution is 2.30. The molecule has 1 saturated heterocycles. The first kappa shape index (κ1) is 11.2. The number of hydrogen-bond acceptors (Lipinski definition) is 4. The summed E-state index contributed by atoms with van der Waals surface area (Å²) in [6, 6.07) is 5.51. The van der Waals surface area contributed by atoms with E-state index in [-0.39, 0.29) is 5.75 Å². The van der Waals surface area contributed by atoms with Crippen LogP contribution in [0.15, 0.2) is 18.2 Å². The van der Waals surface area contributed by atoms with E-state index in [9.17, 15) is 5.11 Å². The van der Waals surface area contributed by atoms with Crippen LogP contribution < -0.4 is 10.1 Å². The van der Waals surface area contributed by atoms with Gasteiger partial charge in [0.15, 0.2) is 11.5 Å². The first-order valence-electron chi connectivity index (χ1n) is 5.59. The first-order valence-corrected chi connectivity index (χ1v) is 5.59. The molecule has 0 saturated carbocycles. The number of nitrogens with one attached hydrogen (secondary N) is 1. The third-order valence-electron chi connectivity index (χ3n) is 2.88. The van der Waals surface area contributed by atoms with E-state index in [0.717, 1.165) is 38.3 Å². The average molecular weight is 222 g/mol. The number of ether oxygens (including phenoxy) is 1. The lowest BCUT2D eigenvalue weighted by Gasteiger charge is -2.27. The molecule has 2 N–H and O–H groups in total. The van der Waals surface area contributed by atoms with Crippen LogP contribution in [0.1, 0.15) is 5.56 Å². The highest BCUT2D eigenvalue weighted by molar-refractivity contribution is 5.45. The Balaban J connectivity index is 2.10. The number of benzene rings is 1. The number of aromatic hydroxyl groups is 1. The lowest BCUT2D eigenvalue weighted by atomic mass is 10.1. The van der Waals surface area contributed by atoms with Crippen molar-refractivity contribution in [2.24, 2.45) is 0 Å². The highest BCUT2D eigenvalue weighted by atomic mass is 16.5. The molecule has 1 heterocycles. The van der Waals surface area contributed by atoms with Crippen molar-refractivity contribution >= 4 is 0 Å².